The van der Waals surface area contributed by atoms with E-state index in [9.17, 15) is 0 Å². The van der Waals surface area contributed by atoms with E-state index in [1.165, 1.54) is 45.2 Å². The number of nitrogens with two attached hydrogens (primary N) is 1. The van der Waals surface area contributed by atoms with Crippen LogP contribution in [0.2, 0.25) is 0 Å². The Morgan fingerprint density at radius 1 is 1.24 bits per heavy atom. The van der Waals surface area contributed by atoms with Gasteiger partial charge in [-0.1, -0.05) is 12.8 Å². The molecule has 3 heteroatoms. The summed E-state index contributed by atoms with van der Waals surface area (Å²) in [6, 6.07) is 0.868. The van der Waals surface area contributed by atoms with Gasteiger partial charge in [0.25, 0.3) is 0 Å². The summed E-state index contributed by atoms with van der Waals surface area (Å²) in [6.07, 6.45) is 8.37. The minimum absolute atomic E-state index is 0.270. The minimum atomic E-state index is 0.270. The van der Waals surface area contributed by atoms with Crippen LogP contribution in [0.5, 0.6) is 0 Å². The summed E-state index contributed by atoms with van der Waals surface area (Å²) in [7, 11) is 0. The van der Waals surface area contributed by atoms with Crippen LogP contribution < -0.4 is 5.73 Å². The van der Waals surface area contributed by atoms with E-state index in [0.717, 1.165) is 38.1 Å². The van der Waals surface area contributed by atoms with Gasteiger partial charge in [-0.25, -0.2) is 0 Å². The fraction of sp³-hybridized carbons (Fsp3) is 1.00. The molecule has 0 aromatic rings. The lowest BCUT2D eigenvalue weighted by atomic mass is 9.83. The lowest BCUT2D eigenvalue weighted by Gasteiger charge is -2.37. The first kappa shape index (κ1) is 11.9. The Balaban J connectivity index is 1.64. The van der Waals surface area contributed by atoms with Gasteiger partial charge in [-0.3, -0.25) is 4.90 Å². The van der Waals surface area contributed by atoms with E-state index >= 15 is 0 Å². The van der Waals surface area contributed by atoms with Crippen LogP contribution >= 0.6 is 0 Å². The lowest BCUT2D eigenvalue weighted by Crippen LogP contribution is -2.46. The number of hydrogen-bond acceptors (Lipinski definition) is 3. The van der Waals surface area contributed by atoms with Crippen molar-refractivity contribution in [1.82, 2.24) is 4.90 Å². The maximum atomic E-state index is 6.01. The van der Waals surface area contributed by atoms with Gasteiger partial charge in [0.2, 0.25) is 0 Å². The molecule has 2 N–H and O–H groups in total. The monoisotopic (exact) mass is 238 g/mol. The van der Waals surface area contributed by atoms with Crippen molar-refractivity contribution >= 4 is 0 Å². The Labute approximate surface area is 105 Å². The van der Waals surface area contributed by atoms with Gasteiger partial charge < -0.3 is 10.5 Å². The molecule has 98 valence electrons. The quantitative estimate of drug-likeness (QED) is 0.812. The highest BCUT2D eigenvalue weighted by Gasteiger charge is 2.41. The third-order valence-corrected chi connectivity index (χ3v) is 5.28. The standard InChI is InChI=1S/C14H26N2O/c15-9-14(6-8-17-11-14)10-16-7-5-12-3-1-2-4-13(12)16/h12-13H,1-11,15H2. The van der Waals surface area contributed by atoms with E-state index in [1.54, 1.807) is 0 Å². The fourth-order valence-electron chi connectivity index (χ4n) is 4.13. The topological polar surface area (TPSA) is 38.5 Å². The maximum Gasteiger partial charge on any atom is 0.0547 e. The predicted octanol–water partition coefficient (Wildman–Crippen LogP) is 1.62. The Bertz CT molecular complexity index is 263. The molecule has 3 atom stereocenters. The summed E-state index contributed by atoms with van der Waals surface area (Å²) in [4.78, 5) is 2.74. The van der Waals surface area contributed by atoms with Gasteiger partial charge >= 0.3 is 0 Å². The highest BCUT2D eigenvalue weighted by atomic mass is 16.5. The van der Waals surface area contributed by atoms with E-state index in [-0.39, 0.29) is 5.41 Å². The highest BCUT2D eigenvalue weighted by molar-refractivity contribution is 4.95. The van der Waals surface area contributed by atoms with E-state index in [4.69, 9.17) is 10.5 Å². The zero-order valence-electron chi connectivity index (χ0n) is 10.9. The number of rotatable bonds is 3. The van der Waals surface area contributed by atoms with Crippen molar-refractivity contribution in [1.29, 1.82) is 0 Å². The van der Waals surface area contributed by atoms with Gasteiger partial charge in [-0.2, -0.15) is 0 Å². The van der Waals surface area contributed by atoms with Crippen molar-refractivity contribution in [2.45, 2.75) is 44.6 Å². The van der Waals surface area contributed by atoms with Gasteiger partial charge in [0.05, 0.1) is 6.61 Å². The molecule has 3 nitrogen and oxygen atoms in total. The lowest BCUT2D eigenvalue weighted by molar-refractivity contribution is 0.0925. The Hall–Kier alpha value is -0.120. The van der Waals surface area contributed by atoms with Crippen molar-refractivity contribution in [3.05, 3.63) is 0 Å². The molecule has 3 unspecified atom stereocenters. The van der Waals surface area contributed by atoms with Crippen molar-refractivity contribution in [2.75, 3.05) is 32.8 Å². The second-order valence-electron chi connectivity index (χ2n) is 6.38. The molecule has 0 bridgehead atoms. The van der Waals surface area contributed by atoms with E-state index < -0.39 is 0 Å². The third-order valence-electron chi connectivity index (χ3n) is 5.28. The Kier molecular flexibility index (Phi) is 3.42. The van der Waals surface area contributed by atoms with E-state index in [1.807, 2.05) is 0 Å². The van der Waals surface area contributed by atoms with Crippen molar-refractivity contribution < 1.29 is 4.74 Å². The predicted molar refractivity (Wildman–Crippen MR) is 68.9 cm³/mol. The Morgan fingerprint density at radius 3 is 2.88 bits per heavy atom. The molecule has 2 saturated heterocycles. The second kappa shape index (κ2) is 4.87. The van der Waals surface area contributed by atoms with Crippen molar-refractivity contribution in [3.63, 3.8) is 0 Å². The van der Waals surface area contributed by atoms with Crippen LogP contribution in [0, 0.1) is 11.3 Å². The highest BCUT2D eigenvalue weighted by Crippen LogP contribution is 2.39. The molecule has 0 aromatic carbocycles. The average molecular weight is 238 g/mol. The van der Waals surface area contributed by atoms with E-state index in [0.29, 0.717) is 0 Å². The van der Waals surface area contributed by atoms with E-state index in [2.05, 4.69) is 4.90 Å². The van der Waals surface area contributed by atoms with Crippen LogP contribution in [0.15, 0.2) is 0 Å². The Morgan fingerprint density at radius 2 is 2.12 bits per heavy atom. The smallest absolute Gasteiger partial charge is 0.0547 e. The van der Waals surface area contributed by atoms with Crippen molar-refractivity contribution in [3.8, 4) is 0 Å². The number of fused-ring (bicyclic) bond motifs is 1. The molecular weight excluding hydrogens is 212 g/mol. The van der Waals surface area contributed by atoms with Crippen LogP contribution in [0.1, 0.15) is 38.5 Å². The number of likely N-dealkylation sites (tertiary alicyclic amines) is 1. The molecule has 1 saturated carbocycles. The molecule has 2 heterocycles. The molecule has 0 amide bonds. The van der Waals surface area contributed by atoms with Gasteiger partial charge in [-0.05, 0) is 38.1 Å². The molecule has 3 rings (SSSR count). The van der Waals surface area contributed by atoms with Crippen LogP contribution in [0.3, 0.4) is 0 Å². The zero-order valence-corrected chi connectivity index (χ0v) is 10.9. The van der Waals surface area contributed by atoms with Gasteiger partial charge in [-0.15, -0.1) is 0 Å². The first-order valence-corrected chi connectivity index (χ1v) is 7.35. The second-order valence-corrected chi connectivity index (χ2v) is 6.38. The largest absolute Gasteiger partial charge is 0.381 e. The summed E-state index contributed by atoms with van der Waals surface area (Å²) in [5.74, 6) is 0.987. The minimum Gasteiger partial charge on any atom is -0.381 e. The van der Waals surface area contributed by atoms with Crippen LogP contribution in [0.4, 0.5) is 0 Å². The number of hydrogen-bond donors (Lipinski definition) is 1. The average Bonchev–Trinajstić information content (AvgIpc) is 2.99. The molecule has 0 radical (unpaired) electrons. The summed E-state index contributed by atoms with van der Waals surface area (Å²) in [5.41, 5.74) is 6.28. The van der Waals surface area contributed by atoms with Crippen LogP contribution in [0.25, 0.3) is 0 Å². The summed E-state index contributed by atoms with van der Waals surface area (Å²) >= 11 is 0. The zero-order chi connectivity index (χ0) is 11.7. The van der Waals surface area contributed by atoms with Crippen LogP contribution in [-0.4, -0.2) is 43.8 Å². The molecule has 0 spiro atoms. The summed E-state index contributed by atoms with van der Waals surface area (Å²) < 4.78 is 5.59. The number of nitrogens with zero attached hydrogens (tertiary/aromatic N) is 1. The summed E-state index contributed by atoms with van der Waals surface area (Å²) in [6.45, 7) is 5.08. The molecule has 0 aromatic heterocycles. The molecule has 2 aliphatic heterocycles. The molecule has 17 heavy (non-hydrogen) atoms. The fourth-order valence-corrected chi connectivity index (χ4v) is 4.13. The normalized spacial score (nSPS) is 42.9. The maximum absolute atomic E-state index is 6.01. The molecule has 3 fully saturated rings. The molecule has 3 aliphatic rings. The molecular formula is C14H26N2O. The molecule has 1 aliphatic carbocycles. The first-order valence-electron chi connectivity index (χ1n) is 7.35. The van der Waals surface area contributed by atoms with Crippen molar-refractivity contribution in [2.24, 2.45) is 17.1 Å². The SMILES string of the molecule is NCC1(CN2CCC3CCCCC32)CCOC1. The summed E-state index contributed by atoms with van der Waals surface area (Å²) in [5, 5.41) is 0. The third kappa shape index (κ3) is 2.25. The van der Waals surface area contributed by atoms with Gasteiger partial charge in [0, 0.05) is 31.2 Å². The van der Waals surface area contributed by atoms with Gasteiger partial charge in [0.15, 0.2) is 0 Å². The number of ether oxygens (including phenoxy) is 1. The van der Waals surface area contributed by atoms with Gasteiger partial charge in [0.1, 0.15) is 0 Å². The first-order chi connectivity index (χ1) is 8.33. The van der Waals surface area contributed by atoms with Crippen LogP contribution in [-0.2, 0) is 4.74 Å².